The van der Waals surface area contributed by atoms with Crippen LogP contribution in [0.25, 0.3) is 0 Å². The molecule has 0 amide bonds. The third-order valence-electron chi connectivity index (χ3n) is 4.99. The van der Waals surface area contributed by atoms with E-state index < -0.39 is 0 Å². The van der Waals surface area contributed by atoms with E-state index in [1.165, 1.54) is 0 Å². The van der Waals surface area contributed by atoms with Gasteiger partial charge in [0.1, 0.15) is 5.78 Å². The van der Waals surface area contributed by atoms with E-state index in [9.17, 15) is 9.59 Å². The summed E-state index contributed by atoms with van der Waals surface area (Å²) in [6.07, 6.45) is 2.54. The van der Waals surface area contributed by atoms with Crippen molar-refractivity contribution in [3.63, 3.8) is 0 Å². The van der Waals surface area contributed by atoms with E-state index in [1.54, 1.807) is 0 Å². The third-order valence-corrected chi connectivity index (χ3v) is 6.06. The standard InChI is InChI=1S/C13H15BrO2/c1-6-10-7-3-4-8(10)13(2,12(7)16)5-9(15)11(6)14/h7-8,10H,3-5H2,1-2H3. The largest absolute Gasteiger partial charge is 0.299 e. The maximum Gasteiger partial charge on any atom is 0.170 e. The van der Waals surface area contributed by atoms with E-state index >= 15 is 0 Å². The van der Waals surface area contributed by atoms with Crippen LogP contribution < -0.4 is 0 Å². The SMILES string of the molecule is CC1=C(Br)C(=O)CC2(C)C(=O)C3CCC2C13. The Balaban J connectivity index is 2.20. The average Bonchev–Trinajstić information content (AvgIpc) is 2.73. The molecule has 2 nitrogen and oxygen atoms in total. The maximum atomic E-state index is 12.3. The molecule has 2 saturated carbocycles. The first-order chi connectivity index (χ1) is 7.47. The Labute approximate surface area is 104 Å². The third kappa shape index (κ3) is 1.03. The lowest BCUT2D eigenvalue weighted by molar-refractivity contribution is -0.135. The summed E-state index contributed by atoms with van der Waals surface area (Å²) in [7, 11) is 0. The monoisotopic (exact) mass is 282 g/mol. The van der Waals surface area contributed by atoms with Crippen LogP contribution in [0.3, 0.4) is 0 Å². The Morgan fingerprint density at radius 1 is 1.31 bits per heavy atom. The Kier molecular flexibility index (Phi) is 2.05. The summed E-state index contributed by atoms with van der Waals surface area (Å²) in [4.78, 5) is 24.3. The average molecular weight is 283 g/mol. The van der Waals surface area contributed by atoms with Gasteiger partial charge in [0.05, 0.1) is 4.48 Å². The first-order valence-electron chi connectivity index (χ1n) is 5.90. The molecule has 0 radical (unpaired) electrons. The lowest BCUT2D eigenvalue weighted by atomic mass is 9.71. The number of hydrogen-bond acceptors (Lipinski definition) is 2. The number of allylic oxidation sites excluding steroid dienone is 2. The molecule has 0 aromatic rings. The molecular formula is C13H15BrO2. The highest BCUT2D eigenvalue weighted by molar-refractivity contribution is 9.12. The van der Waals surface area contributed by atoms with Gasteiger partial charge in [-0.3, -0.25) is 9.59 Å². The highest BCUT2D eigenvalue weighted by Gasteiger charge is 2.63. The predicted molar refractivity (Wildman–Crippen MR) is 64.1 cm³/mol. The van der Waals surface area contributed by atoms with Gasteiger partial charge in [-0.1, -0.05) is 12.5 Å². The Morgan fingerprint density at radius 2 is 2.00 bits per heavy atom. The van der Waals surface area contributed by atoms with Crippen LogP contribution in [0.1, 0.15) is 33.1 Å². The molecule has 0 aromatic heterocycles. The Bertz CT molecular complexity index is 437. The second-order valence-corrected chi connectivity index (χ2v) is 6.49. The van der Waals surface area contributed by atoms with Gasteiger partial charge in [-0.25, -0.2) is 0 Å². The molecule has 0 N–H and O–H groups in total. The molecule has 4 bridgehead atoms. The number of rotatable bonds is 0. The summed E-state index contributed by atoms with van der Waals surface area (Å²) in [5.41, 5.74) is 0.744. The fourth-order valence-corrected chi connectivity index (χ4v) is 4.62. The number of hydrogen-bond donors (Lipinski definition) is 0. The van der Waals surface area contributed by atoms with Crippen molar-refractivity contribution in [1.82, 2.24) is 0 Å². The molecule has 0 aromatic carbocycles. The lowest BCUT2D eigenvalue weighted by Gasteiger charge is -2.31. The molecule has 2 fully saturated rings. The molecule has 0 aliphatic heterocycles. The maximum absolute atomic E-state index is 12.3. The van der Waals surface area contributed by atoms with Crippen molar-refractivity contribution in [2.24, 2.45) is 23.2 Å². The minimum absolute atomic E-state index is 0.112. The summed E-state index contributed by atoms with van der Waals surface area (Å²) in [6.45, 7) is 4.02. The van der Waals surface area contributed by atoms with E-state index in [2.05, 4.69) is 15.9 Å². The summed E-state index contributed by atoms with van der Waals surface area (Å²) >= 11 is 3.42. The van der Waals surface area contributed by atoms with E-state index in [1.807, 2.05) is 13.8 Å². The van der Waals surface area contributed by atoms with E-state index in [0.29, 0.717) is 24.0 Å². The molecule has 0 heterocycles. The Hall–Kier alpha value is -0.440. The first-order valence-corrected chi connectivity index (χ1v) is 6.70. The summed E-state index contributed by atoms with van der Waals surface area (Å²) in [5.74, 6) is 1.39. The quantitative estimate of drug-likeness (QED) is 0.685. The molecule has 3 heteroatoms. The van der Waals surface area contributed by atoms with Gasteiger partial charge in [-0.15, -0.1) is 0 Å². The van der Waals surface area contributed by atoms with Crippen molar-refractivity contribution in [3.05, 3.63) is 10.1 Å². The van der Waals surface area contributed by atoms with Crippen LogP contribution in [0.4, 0.5) is 0 Å². The van der Waals surface area contributed by atoms with Gasteiger partial charge >= 0.3 is 0 Å². The van der Waals surface area contributed by atoms with Gasteiger partial charge in [-0.05, 0) is 47.5 Å². The van der Waals surface area contributed by atoms with Crippen LogP contribution >= 0.6 is 15.9 Å². The molecule has 3 rings (SSSR count). The first kappa shape index (κ1) is 10.7. The molecule has 86 valence electrons. The van der Waals surface area contributed by atoms with Gasteiger partial charge in [0, 0.05) is 17.8 Å². The van der Waals surface area contributed by atoms with Crippen LogP contribution in [-0.2, 0) is 9.59 Å². The van der Waals surface area contributed by atoms with Crippen LogP contribution in [-0.4, -0.2) is 11.6 Å². The number of halogens is 1. The zero-order valence-corrected chi connectivity index (χ0v) is 11.1. The zero-order chi connectivity index (χ0) is 11.7. The summed E-state index contributed by atoms with van der Waals surface area (Å²) < 4.78 is 0.741. The number of carbonyl (C=O) groups is 2. The fraction of sp³-hybridized carbons (Fsp3) is 0.692. The smallest absolute Gasteiger partial charge is 0.170 e. The highest BCUT2D eigenvalue weighted by atomic mass is 79.9. The molecular weight excluding hydrogens is 268 g/mol. The minimum Gasteiger partial charge on any atom is -0.299 e. The summed E-state index contributed by atoms with van der Waals surface area (Å²) in [6, 6.07) is 0. The van der Waals surface area contributed by atoms with Crippen molar-refractivity contribution in [1.29, 1.82) is 0 Å². The van der Waals surface area contributed by atoms with Gasteiger partial charge in [0.2, 0.25) is 0 Å². The molecule has 3 aliphatic rings. The van der Waals surface area contributed by atoms with E-state index in [0.717, 1.165) is 22.9 Å². The minimum atomic E-state index is -0.374. The second-order valence-electron chi connectivity index (χ2n) is 5.69. The number of Topliss-reactive ketones (excluding diaryl/α,β-unsaturated/α-hetero) is 2. The number of ketones is 2. The van der Waals surface area contributed by atoms with E-state index in [-0.39, 0.29) is 17.1 Å². The van der Waals surface area contributed by atoms with Crippen molar-refractivity contribution in [2.75, 3.05) is 0 Å². The molecule has 4 unspecified atom stereocenters. The summed E-state index contributed by atoms with van der Waals surface area (Å²) in [5, 5.41) is 0. The fourth-order valence-electron chi connectivity index (χ4n) is 4.21. The van der Waals surface area contributed by atoms with Crippen molar-refractivity contribution in [3.8, 4) is 0 Å². The topological polar surface area (TPSA) is 34.1 Å². The molecule has 0 saturated heterocycles. The van der Waals surface area contributed by atoms with Gasteiger partial charge in [0.15, 0.2) is 5.78 Å². The van der Waals surface area contributed by atoms with Gasteiger partial charge in [-0.2, -0.15) is 0 Å². The zero-order valence-electron chi connectivity index (χ0n) is 9.55. The van der Waals surface area contributed by atoms with Crippen molar-refractivity contribution in [2.45, 2.75) is 33.1 Å². The predicted octanol–water partition coefficient (Wildman–Crippen LogP) is 2.86. The molecule has 0 spiro atoms. The molecule has 4 atom stereocenters. The van der Waals surface area contributed by atoms with Crippen molar-refractivity contribution >= 4 is 27.5 Å². The Morgan fingerprint density at radius 3 is 2.69 bits per heavy atom. The van der Waals surface area contributed by atoms with E-state index in [4.69, 9.17) is 0 Å². The number of carbonyl (C=O) groups excluding carboxylic acids is 2. The second kappa shape index (κ2) is 3.06. The normalized spacial score (nSPS) is 46.6. The molecule has 16 heavy (non-hydrogen) atoms. The highest BCUT2D eigenvalue weighted by Crippen LogP contribution is 2.62. The van der Waals surface area contributed by atoms with Gasteiger partial charge in [0.25, 0.3) is 0 Å². The van der Waals surface area contributed by atoms with Crippen molar-refractivity contribution < 1.29 is 9.59 Å². The van der Waals surface area contributed by atoms with Crippen LogP contribution in [0.15, 0.2) is 10.1 Å². The van der Waals surface area contributed by atoms with Gasteiger partial charge < -0.3 is 0 Å². The molecule has 3 aliphatic carbocycles. The lowest BCUT2D eigenvalue weighted by Crippen LogP contribution is -2.35. The van der Waals surface area contributed by atoms with Crippen LogP contribution in [0.2, 0.25) is 0 Å². The van der Waals surface area contributed by atoms with Crippen LogP contribution in [0.5, 0.6) is 0 Å². The van der Waals surface area contributed by atoms with Crippen LogP contribution in [0, 0.1) is 23.2 Å².